The Morgan fingerprint density at radius 1 is 1.00 bits per heavy atom. The summed E-state index contributed by atoms with van der Waals surface area (Å²) in [5.41, 5.74) is 0. The van der Waals surface area contributed by atoms with Crippen LogP contribution in [0.25, 0.3) is 0 Å². The monoisotopic (exact) mass is 172 g/mol. The Morgan fingerprint density at radius 2 is 1.30 bits per heavy atom. The SMILES string of the molecule is CC(C#N)SSC(C)C#N. The van der Waals surface area contributed by atoms with Crippen LogP contribution < -0.4 is 0 Å². The maximum atomic E-state index is 8.35. The minimum atomic E-state index is -0.0270. The van der Waals surface area contributed by atoms with Gasteiger partial charge in [0.2, 0.25) is 0 Å². The number of nitrogens with zero attached hydrogens (tertiary/aromatic N) is 2. The lowest BCUT2D eigenvalue weighted by Gasteiger charge is -2.01. The van der Waals surface area contributed by atoms with E-state index in [-0.39, 0.29) is 10.5 Å². The first kappa shape index (κ1) is 9.68. The molecule has 0 fully saturated rings. The van der Waals surface area contributed by atoms with E-state index in [1.807, 2.05) is 13.8 Å². The molecule has 2 unspecified atom stereocenters. The molecule has 10 heavy (non-hydrogen) atoms. The van der Waals surface area contributed by atoms with E-state index in [9.17, 15) is 0 Å². The number of hydrogen-bond donors (Lipinski definition) is 0. The largest absolute Gasteiger partial charge is 0.197 e. The fourth-order valence-electron chi connectivity index (χ4n) is 0.210. The average molecular weight is 172 g/mol. The van der Waals surface area contributed by atoms with Gasteiger partial charge in [0.05, 0.1) is 22.6 Å². The predicted octanol–water partition coefficient (Wildman–Crippen LogP) is 2.19. The summed E-state index contributed by atoms with van der Waals surface area (Å²) in [6.45, 7) is 3.64. The summed E-state index contributed by atoms with van der Waals surface area (Å²) in [4.78, 5) is 0. The lowest BCUT2D eigenvalue weighted by molar-refractivity contribution is 1.24. The smallest absolute Gasteiger partial charge is 0.0992 e. The molecule has 0 radical (unpaired) electrons. The second kappa shape index (κ2) is 5.46. The Hall–Kier alpha value is -0.320. The highest BCUT2D eigenvalue weighted by Gasteiger charge is 2.04. The molecular weight excluding hydrogens is 164 g/mol. The van der Waals surface area contributed by atoms with Crippen molar-refractivity contribution in [3.05, 3.63) is 0 Å². The summed E-state index contributed by atoms with van der Waals surface area (Å²) < 4.78 is 0. The van der Waals surface area contributed by atoms with E-state index in [0.29, 0.717) is 0 Å². The third kappa shape index (κ3) is 4.55. The van der Waals surface area contributed by atoms with E-state index in [0.717, 1.165) is 0 Å². The van der Waals surface area contributed by atoms with E-state index in [4.69, 9.17) is 10.5 Å². The summed E-state index contributed by atoms with van der Waals surface area (Å²) in [5.74, 6) is 0. The van der Waals surface area contributed by atoms with Gasteiger partial charge in [-0.05, 0) is 13.8 Å². The Morgan fingerprint density at radius 3 is 1.50 bits per heavy atom. The second-order valence-corrected chi connectivity index (χ2v) is 4.69. The molecule has 4 heteroatoms. The van der Waals surface area contributed by atoms with Crippen LogP contribution in [0.2, 0.25) is 0 Å². The van der Waals surface area contributed by atoms with Crippen LogP contribution in [0.4, 0.5) is 0 Å². The Bertz CT molecular complexity index is 148. The van der Waals surface area contributed by atoms with Gasteiger partial charge in [-0.15, -0.1) is 0 Å². The summed E-state index contributed by atoms with van der Waals surface area (Å²) >= 11 is 0. The molecule has 0 aliphatic heterocycles. The van der Waals surface area contributed by atoms with Gasteiger partial charge in [0, 0.05) is 0 Å². The Kier molecular flexibility index (Phi) is 5.29. The van der Waals surface area contributed by atoms with Crippen molar-refractivity contribution >= 4 is 21.6 Å². The average Bonchev–Trinajstić information content (AvgIpc) is 1.99. The van der Waals surface area contributed by atoms with Crippen LogP contribution in [-0.4, -0.2) is 10.5 Å². The molecular formula is C6H8N2S2. The molecule has 0 spiro atoms. The van der Waals surface area contributed by atoms with Crippen molar-refractivity contribution in [3.8, 4) is 12.1 Å². The molecule has 0 aromatic heterocycles. The molecule has 0 saturated heterocycles. The van der Waals surface area contributed by atoms with E-state index in [1.54, 1.807) is 0 Å². The molecule has 54 valence electrons. The van der Waals surface area contributed by atoms with Crippen molar-refractivity contribution in [2.45, 2.75) is 24.3 Å². The minimum Gasteiger partial charge on any atom is -0.197 e. The van der Waals surface area contributed by atoms with Crippen LogP contribution in [0, 0.1) is 22.7 Å². The highest BCUT2D eigenvalue weighted by atomic mass is 33.1. The third-order valence-electron chi connectivity index (χ3n) is 0.708. The molecule has 0 aromatic rings. The summed E-state index contributed by atoms with van der Waals surface area (Å²) in [6.07, 6.45) is 0. The quantitative estimate of drug-likeness (QED) is 0.612. The maximum absolute atomic E-state index is 8.35. The minimum absolute atomic E-state index is 0.0270. The van der Waals surface area contributed by atoms with Crippen LogP contribution in [-0.2, 0) is 0 Å². The molecule has 0 aliphatic carbocycles. The summed E-state index contributed by atoms with van der Waals surface area (Å²) in [7, 11) is 2.88. The van der Waals surface area contributed by atoms with Crippen LogP contribution >= 0.6 is 21.6 Å². The molecule has 0 aromatic carbocycles. The molecule has 0 rings (SSSR count). The van der Waals surface area contributed by atoms with Crippen molar-refractivity contribution in [2.75, 3.05) is 0 Å². The molecule has 2 nitrogen and oxygen atoms in total. The molecule has 2 atom stereocenters. The topological polar surface area (TPSA) is 47.6 Å². The zero-order valence-corrected chi connectivity index (χ0v) is 7.50. The highest BCUT2D eigenvalue weighted by molar-refractivity contribution is 8.77. The number of nitriles is 2. The maximum Gasteiger partial charge on any atom is 0.0992 e. The zero-order chi connectivity index (χ0) is 7.98. The zero-order valence-electron chi connectivity index (χ0n) is 5.87. The van der Waals surface area contributed by atoms with Gasteiger partial charge in [-0.1, -0.05) is 21.6 Å². The van der Waals surface area contributed by atoms with Crippen molar-refractivity contribution in [1.82, 2.24) is 0 Å². The van der Waals surface area contributed by atoms with Gasteiger partial charge in [-0.3, -0.25) is 0 Å². The van der Waals surface area contributed by atoms with Gasteiger partial charge >= 0.3 is 0 Å². The van der Waals surface area contributed by atoms with Gasteiger partial charge in [-0.25, -0.2) is 0 Å². The molecule has 0 aliphatic rings. The van der Waals surface area contributed by atoms with Gasteiger partial charge in [0.1, 0.15) is 0 Å². The number of hydrogen-bond acceptors (Lipinski definition) is 4. The second-order valence-electron chi connectivity index (χ2n) is 1.74. The Balaban J connectivity index is 3.40. The molecule has 0 N–H and O–H groups in total. The van der Waals surface area contributed by atoms with Crippen molar-refractivity contribution in [2.24, 2.45) is 0 Å². The third-order valence-corrected chi connectivity index (χ3v) is 3.67. The Labute approximate surface area is 69.0 Å². The molecule has 0 bridgehead atoms. The first-order chi connectivity index (χ1) is 4.70. The molecule has 0 heterocycles. The molecule has 0 saturated carbocycles. The molecule has 0 amide bonds. The standard InChI is InChI=1S/C6H8N2S2/c1-5(3-7)9-10-6(2)4-8/h5-6H,1-2H3. The number of rotatable bonds is 3. The van der Waals surface area contributed by atoms with E-state index in [2.05, 4.69) is 12.1 Å². The normalized spacial score (nSPS) is 14.8. The van der Waals surface area contributed by atoms with E-state index in [1.165, 1.54) is 21.6 Å². The van der Waals surface area contributed by atoms with Crippen LogP contribution in [0.15, 0.2) is 0 Å². The van der Waals surface area contributed by atoms with Gasteiger partial charge in [0.15, 0.2) is 0 Å². The first-order valence-corrected chi connectivity index (χ1v) is 5.09. The van der Waals surface area contributed by atoms with E-state index < -0.39 is 0 Å². The van der Waals surface area contributed by atoms with Crippen molar-refractivity contribution in [1.29, 1.82) is 10.5 Å². The lowest BCUT2D eigenvalue weighted by Crippen LogP contribution is -1.91. The summed E-state index contributed by atoms with van der Waals surface area (Å²) in [6, 6.07) is 4.15. The summed E-state index contributed by atoms with van der Waals surface area (Å²) in [5, 5.41) is 16.7. The fraction of sp³-hybridized carbons (Fsp3) is 0.667. The van der Waals surface area contributed by atoms with Crippen LogP contribution in [0.5, 0.6) is 0 Å². The van der Waals surface area contributed by atoms with Gasteiger partial charge < -0.3 is 0 Å². The first-order valence-electron chi connectivity index (χ1n) is 2.82. The lowest BCUT2D eigenvalue weighted by atomic mass is 10.5. The van der Waals surface area contributed by atoms with Crippen molar-refractivity contribution in [3.63, 3.8) is 0 Å². The van der Waals surface area contributed by atoms with Crippen molar-refractivity contribution < 1.29 is 0 Å². The highest BCUT2D eigenvalue weighted by Crippen LogP contribution is 2.29. The van der Waals surface area contributed by atoms with Gasteiger partial charge in [-0.2, -0.15) is 10.5 Å². The van der Waals surface area contributed by atoms with E-state index >= 15 is 0 Å². The predicted molar refractivity (Wildman–Crippen MR) is 45.3 cm³/mol. The van der Waals surface area contributed by atoms with Crippen LogP contribution in [0.1, 0.15) is 13.8 Å². The fourth-order valence-corrected chi connectivity index (χ4v) is 1.89. The van der Waals surface area contributed by atoms with Gasteiger partial charge in [0.25, 0.3) is 0 Å². The van der Waals surface area contributed by atoms with Crippen LogP contribution in [0.3, 0.4) is 0 Å².